The van der Waals surface area contributed by atoms with Crippen LogP contribution in [0.2, 0.25) is 0 Å². The molecule has 1 heterocycles. The van der Waals surface area contributed by atoms with Gasteiger partial charge in [0.25, 0.3) is 13.6 Å². The van der Waals surface area contributed by atoms with Gasteiger partial charge in [0.15, 0.2) is 0 Å². The molecule has 0 aliphatic heterocycles. The number of phosphoric ester groups is 1. The van der Waals surface area contributed by atoms with Crippen LogP contribution >= 0.6 is 7.82 Å². The Morgan fingerprint density at radius 2 is 1.85 bits per heavy atom. The molecule has 7 heteroatoms. The van der Waals surface area contributed by atoms with Gasteiger partial charge in [0.05, 0.1) is 19.8 Å². The van der Waals surface area contributed by atoms with Crippen LogP contribution in [0.4, 0.5) is 0 Å². The van der Waals surface area contributed by atoms with E-state index in [9.17, 15) is 9.46 Å². The first-order valence-corrected chi connectivity index (χ1v) is 8.62. The van der Waals surface area contributed by atoms with Crippen molar-refractivity contribution >= 4 is 7.82 Å². The van der Waals surface area contributed by atoms with Crippen LogP contribution in [0.25, 0.3) is 0 Å². The van der Waals surface area contributed by atoms with Gasteiger partial charge in [-0.25, -0.2) is 9.55 Å². The highest BCUT2D eigenvalue weighted by Gasteiger charge is 2.06. The molecule has 0 spiro atoms. The fraction of sp³-hybridized carbons (Fsp3) is 0.769. The molecule has 0 saturated heterocycles. The van der Waals surface area contributed by atoms with E-state index in [2.05, 4.69) is 38.6 Å². The Morgan fingerprint density at radius 1 is 1.25 bits per heavy atom. The summed E-state index contributed by atoms with van der Waals surface area (Å²) in [5.41, 5.74) is 0. The lowest BCUT2D eigenvalue weighted by Crippen LogP contribution is -2.34. The molecule has 0 aliphatic carbocycles. The molecule has 20 heavy (non-hydrogen) atoms. The van der Waals surface area contributed by atoms with Crippen LogP contribution in [0.5, 0.6) is 0 Å². The number of unbranched alkanes of at least 4 members (excludes halogenated alkanes) is 1. The molecule has 118 valence electrons. The minimum atomic E-state index is -3.94. The monoisotopic (exact) mass is 306 g/mol. The molecule has 0 bridgehead atoms. The van der Waals surface area contributed by atoms with Crippen molar-refractivity contribution in [1.29, 1.82) is 0 Å². The first kappa shape index (κ1) is 19.3. The van der Waals surface area contributed by atoms with E-state index in [-0.39, 0.29) is 13.2 Å². The largest absolute Gasteiger partial charge is 0.756 e. The number of H-pyrrole nitrogens is 1. The highest BCUT2D eigenvalue weighted by Crippen LogP contribution is 2.37. The van der Waals surface area contributed by atoms with Gasteiger partial charge in [0.1, 0.15) is 12.4 Å². The molecular formula is C13H27N2O4P. The summed E-state index contributed by atoms with van der Waals surface area (Å²) >= 11 is 0. The van der Waals surface area contributed by atoms with Crippen molar-refractivity contribution in [3.63, 3.8) is 0 Å². The normalized spacial score (nSPS) is 11.1. The number of imidazole rings is 1. The average molecular weight is 306 g/mol. The Labute approximate surface area is 121 Å². The Morgan fingerprint density at radius 3 is 2.30 bits per heavy atom. The second kappa shape index (κ2) is 11.0. The number of aryl methyl sites for hydroxylation is 2. The maximum atomic E-state index is 10.4. The van der Waals surface area contributed by atoms with Gasteiger partial charge >= 0.3 is 0 Å². The van der Waals surface area contributed by atoms with Crippen LogP contribution in [0.1, 0.15) is 46.4 Å². The summed E-state index contributed by atoms with van der Waals surface area (Å²) in [4.78, 5) is 13.7. The molecule has 0 saturated carbocycles. The Hall–Kier alpha value is -0.680. The fourth-order valence-corrected chi connectivity index (χ4v) is 2.31. The van der Waals surface area contributed by atoms with Crippen molar-refractivity contribution < 1.29 is 23.1 Å². The number of aromatic amines is 1. The molecule has 1 aromatic rings. The summed E-state index contributed by atoms with van der Waals surface area (Å²) in [6.45, 7) is 8.89. The molecule has 1 N–H and O–H groups in total. The van der Waals surface area contributed by atoms with Gasteiger partial charge in [-0.05, 0) is 27.2 Å². The molecule has 1 rings (SSSR count). The minimum absolute atomic E-state index is 0.126. The maximum Gasteiger partial charge on any atom is 0.267 e. The van der Waals surface area contributed by atoms with Crippen molar-refractivity contribution in [2.75, 3.05) is 13.2 Å². The van der Waals surface area contributed by atoms with Crippen LogP contribution < -0.4 is 9.46 Å². The van der Waals surface area contributed by atoms with E-state index in [1.807, 2.05) is 6.20 Å². The average Bonchev–Trinajstić information content (AvgIpc) is 2.84. The summed E-state index contributed by atoms with van der Waals surface area (Å²) in [5.74, 6) is 1.36. The highest BCUT2D eigenvalue weighted by atomic mass is 31.2. The second-order valence-corrected chi connectivity index (χ2v) is 5.49. The number of hydrogen-bond acceptors (Lipinski definition) is 4. The summed E-state index contributed by atoms with van der Waals surface area (Å²) in [6.07, 6.45) is 7.83. The summed E-state index contributed by atoms with van der Waals surface area (Å²) in [6, 6.07) is 0. The lowest BCUT2D eigenvalue weighted by atomic mass is 10.2. The van der Waals surface area contributed by atoms with Crippen molar-refractivity contribution in [2.45, 2.75) is 53.5 Å². The number of nitrogens with zero attached hydrogens (tertiary/aromatic N) is 1. The minimum Gasteiger partial charge on any atom is -0.756 e. The van der Waals surface area contributed by atoms with E-state index in [0.29, 0.717) is 0 Å². The van der Waals surface area contributed by atoms with Crippen molar-refractivity contribution in [3.8, 4) is 0 Å². The zero-order valence-electron chi connectivity index (χ0n) is 12.9. The van der Waals surface area contributed by atoms with Gasteiger partial charge in [0, 0.05) is 6.42 Å². The SMILES string of the molecule is CCCCc1[nH]cc[n+]1CC.CCOP(=O)([O-])OCC. The summed E-state index contributed by atoms with van der Waals surface area (Å²) in [7, 11) is -3.94. The predicted molar refractivity (Wildman–Crippen MR) is 76.1 cm³/mol. The topological polar surface area (TPSA) is 78.3 Å². The van der Waals surface area contributed by atoms with Crippen molar-refractivity contribution in [1.82, 2.24) is 4.98 Å². The third-order valence-electron chi connectivity index (χ3n) is 2.53. The Bertz CT molecular complexity index is 385. The van der Waals surface area contributed by atoms with Crippen molar-refractivity contribution in [3.05, 3.63) is 18.2 Å². The van der Waals surface area contributed by atoms with E-state index in [0.717, 1.165) is 6.54 Å². The first-order valence-electron chi connectivity index (χ1n) is 7.16. The molecule has 1 aromatic heterocycles. The first-order chi connectivity index (χ1) is 9.50. The van der Waals surface area contributed by atoms with Crippen molar-refractivity contribution in [2.24, 2.45) is 0 Å². The van der Waals surface area contributed by atoms with Crippen LogP contribution in [0.15, 0.2) is 12.4 Å². The third kappa shape index (κ3) is 8.48. The number of nitrogens with one attached hydrogen (secondary N) is 1. The van der Waals surface area contributed by atoms with Gasteiger partial charge in [-0.15, -0.1) is 0 Å². The molecule has 0 aromatic carbocycles. The van der Waals surface area contributed by atoms with Gasteiger partial charge in [-0.2, -0.15) is 0 Å². The van der Waals surface area contributed by atoms with Crippen LogP contribution in [-0.4, -0.2) is 18.2 Å². The molecule has 0 radical (unpaired) electrons. The lowest BCUT2D eigenvalue weighted by molar-refractivity contribution is -0.699. The molecule has 6 nitrogen and oxygen atoms in total. The second-order valence-electron chi connectivity index (χ2n) is 4.08. The molecule has 0 atom stereocenters. The van der Waals surface area contributed by atoms with Gasteiger partial charge < -0.3 is 13.9 Å². The standard InChI is InChI=1S/C9H16N2.C4H11O4P/c1-3-5-6-9-10-7-8-11(9)4-2;1-3-7-9(5,6)8-4-2/h7-8H,3-6H2,1-2H3;3-4H2,1-2H3,(H,5,6). The predicted octanol–water partition coefficient (Wildman–Crippen LogP) is 2.19. The third-order valence-corrected chi connectivity index (χ3v) is 3.68. The quantitative estimate of drug-likeness (QED) is 0.590. The van der Waals surface area contributed by atoms with Gasteiger partial charge in [-0.1, -0.05) is 13.3 Å². The van der Waals surface area contributed by atoms with Gasteiger partial charge in [0.2, 0.25) is 0 Å². The number of rotatable bonds is 8. The summed E-state index contributed by atoms with van der Waals surface area (Å²) < 4.78 is 21.2. The number of aromatic nitrogens is 2. The van der Waals surface area contributed by atoms with E-state index < -0.39 is 7.82 Å². The summed E-state index contributed by atoms with van der Waals surface area (Å²) in [5, 5.41) is 0. The number of hydrogen-bond donors (Lipinski definition) is 1. The Kier molecular flexibility index (Phi) is 10.7. The molecular weight excluding hydrogens is 279 g/mol. The van der Waals surface area contributed by atoms with Crippen LogP contribution in [0, 0.1) is 0 Å². The smallest absolute Gasteiger partial charge is 0.267 e. The molecule has 0 aliphatic rings. The van der Waals surface area contributed by atoms with Crippen LogP contribution in [0.3, 0.4) is 0 Å². The highest BCUT2D eigenvalue weighted by molar-refractivity contribution is 7.45. The molecule has 0 fully saturated rings. The Balaban J connectivity index is 0.000000370. The molecule has 0 unspecified atom stereocenters. The molecule has 0 amide bonds. The zero-order chi connectivity index (χ0) is 15.4. The fourth-order valence-electron chi connectivity index (χ4n) is 1.61. The maximum absolute atomic E-state index is 10.4. The van der Waals surface area contributed by atoms with E-state index in [4.69, 9.17) is 0 Å². The van der Waals surface area contributed by atoms with Gasteiger partial charge in [-0.3, -0.25) is 4.57 Å². The zero-order valence-corrected chi connectivity index (χ0v) is 13.8. The van der Waals surface area contributed by atoms with E-state index >= 15 is 0 Å². The lowest BCUT2D eigenvalue weighted by Gasteiger charge is -2.20. The van der Waals surface area contributed by atoms with E-state index in [1.54, 1.807) is 13.8 Å². The van der Waals surface area contributed by atoms with E-state index in [1.165, 1.54) is 25.1 Å². The van der Waals surface area contributed by atoms with Crippen LogP contribution in [-0.2, 0) is 26.6 Å². The number of phosphoric acid groups is 1.